The van der Waals surface area contributed by atoms with Gasteiger partial charge in [0.1, 0.15) is 5.82 Å². The number of amides is 2. The Kier molecular flexibility index (Phi) is 7.13. The third-order valence-corrected chi connectivity index (χ3v) is 6.35. The van der Waals surface area contributed by atoms with E-state index in [1.54, 1.807) is 0 Å². The maximum absolute atomic E-state index is 13.9. The van der Waals surface area contributed by atoms with Crippen molar-refractivity contribution in [2.45, 2.75) is 18.7 Å². The van der Waals surface area contributed by atoms with Crippen molar-refractivity contribution in [1.29, 1.82) is 0 Å². The molecule has 0 radical (unpaired) electrons. The molecule has 7 nitrogen and oxygen atoms in total. The first-order valence-corrected chi connectivity index (χ1v) is 11.6. The van der Waals surface area contributed by atoms with Crippen LogP contribution in [-0.4, -0.2) is 38.7 Å². The first-order valence-electron chi connectivity index (χ1n) is 10.1. The Morgan fingerprint density at radius 3 is 2.24 bits per heavy atom. The molecule has 0 aliphatic carbocycles. The monoisotopic (exact) mass is 469 g/mol. The summed E-state index contributed by atoms with van der Waals surface area (Å²) in [6.45, 7) is 3.52. The Labute approximate surface area is 192 Å². The van der Waals surface area contributed by atoms with Crippen LogP contribution in [0.25, 0.3) is 0 Å². The standard InChI is InChI=1S/C24H24FN3O4S/c1-16-8-6-9-17(2)23(16)26-22(29)15-28(3)24(30)18-10-7-11-19(14-18)33(31,32)27-21-13-5-4-12-20(21)25/h4-14,27H,15H2,1-3H3,(H,26,29). The number of nitrogens with one attached hydrogen (secondary N) is 2. The third kappa shape index (κ3) is 5.75. The lowest BCUT2D eigenvalue weighted by Gasteiger charge is -2.18. The van der Waals surface area contributed by atoms with Crippen molar-refractivity contribution >= 4 is 33.2 Å². The number of rotatable bonds is 7. The SMILES string of the molecule is Cc1cccc(C)c1NC(=O)CN(C)C(=O)c1cccc(S(=O)(=O)Nc2ccccc2F)c1. The molecule has 0 saturated heterocycles. The Balaban J connectivity index is 1.73. The predicted octanol–water partition coefficient (Wildman–Crippen LogP) is 3.95. The summed E-state index contributed by atoms with van der Waals surface area (Å²) in [5.74, 6) is -1.63. The molecule has 0 aromatic heterocycles. The van der Waals surface area contributed by atoms with Gasteiger partial charge in [0.15, 0.2) is 0 Å². The van der Waals surface area contributed by atoms with Crippen LogP contribution in [0.4, 0.5) is 15.8 Å². The van der Waals surface area contributed by atoms with Gasteiger partial charge in [-0.2, -0.15) is 0 Å². The molecule has 33 heavy (non-hydrogen) atoms. The van der Waals surface area contributed by atoms with E-state index in [2.05, 4.69) is 10.0 Å². The highest BCUT2D eigenvalue weighted by Crippen LogP contribution is 2.21. The van der Waals surface area contributed by atoms with Gasteiger partial charge in [0.2, 0.25) is 5.91 Å². The zero-order valence-corrected chi connectivity index (χ0v) is 19.2. The number of carbonyl (C=O) groups is 2. The van der Waals surface area contributed by atoms with Crippen molar-refractivity contribution in [1.82, 2.24) is 4.90 Å². The fourth-order valence-corrected chi connectivity index (χ4v) is 4.35. The Morgan fingerprint density at radius 1 is 0.939 bits per heavy atom. The van der Waals surface area contributed by atoms with Crippen LogP contribution in [0.15, 0.2) is 71.6 Å². The van der Waals surface area contributed by atoms with Gasteiger partial charge in [-0.05, 0) is 55.3 Å². The Hall–Kier alpha value is -3.72. The van der Waals surface area contributed by atoms with Crippen molar-refractivity contribution < 1.29 is 22.4 Å². The summed E-state index contributed by atoms with van der Waals surface area (Å²) >= 11 is 0. The molecule has 3 aromatic carbocycles. The number of para-hydroxylation sites is 2. The average Bonchev–Trinajstić information content (AvgIpc) is 2.77. The van der Waals surface area contributed by atoms with Gasteiger partial charge in [-0.1, -0.05) is 36.4 Å². The van der Waals surface area contributed by atoms with Crippen LogP contribution in [0.1, 0.15) is 21.5 Å². The van der Waals surface area contributed by atoms with Gasteiger partial charge in [0.05, 0.1) is 17.1 Å². The number of likely N-dealkylation sites (N-methyl/N-ethyl adjacent to an activating group) is 1. The molecule has 0 fully saturated rings. The maximum Gasteiger partial charge on any atom is 0.262 e. The van der Waals surface area contributed by atoms with E-state index in [9.17, 15) is 22.4 Å². The third-order valence-electron chi connectivity index (χ3n) is 4.98. The molecule has 9 heteroatoms. The van der Waals surface area contributed by atoms with Crippen molar-refractivity contribution in [3.63, 3.8) is 0 Å². The number of carbonyl (C=O) groups excluding carboxylic acids is 2. The highest BCUT2D eigenvalue weighted by molar-refractivity contribution is 7.92. The number of hydrogen-bond acceptors (Lipinski definition) is 4. The van der Waals surface area contributed by atoms with Crippen molar-refractivity contribution in [2.75, 3.05) is 23.6 Å². The minimum absolute atomic E-state index is 0.0776. The summed E-state index contributed by atoms with van der Waals surface area (Å²) in [5, 5.41) is 2.81. The summed E-state index contributed by atoms with van der Waals surface area (Å²) < 4.78 is 41.4. The molecule has 0 aliphatic heterocycles. The zero-order valence-electron chi connectivity index (χ0n) is 18.4. The quantitative estimate of drug-likeness (QED) is 0.548. The van der Waals surface area contributed by atoms with Gasteiger partial charge in [-0.25, -0.2) is 12.8 Å². The van der Waals surface area contributed by atoms with Crippen LogP contribution in [-0.2, 0) is 14.8 Å². The molecule has 2 N–H and O–H groups in total. The summed E-state index contributed by atoms with van der Waals surface area (Å²) in [7, 11) is -2.68. The summed E-state index contributed by atoms with van der Waals surface area (Å²) in [6, 6.07) is 16.4. The lowest BCUT2D eigenvalue weighted by Crippen LogP contribution is -2.35. The Morgan fingerprint density at radius 2 is 1.58 bits per heavy atom. The summed E-state index contributed by atoms with van der Waals surface area (Å²) in [4.78, 5) is 26.3. The van der Waals surface area contributed by atoms with E-state index in [1.807, 2.05) is 32.0 Å². The first-order chi connectivity index (χ1) is 15.6. The number of aryl methyl sites for hydroxylation is 2. The average molecular weight is 470 g/mol. The van der Waals surface area contributed by atoms with E-state index in [1.165, 1.54) is 54.4 Å². The molecule has 0 bridgehead atoms. The van der Waals surface area contributed by atoms with E-state index >= 15 is 0 Å². The van der Waals surface area contributed by atoms with Crippen LogP contribution in [0.2, 0.25) is 0 Å². The lowest BCUT2D eigenvalue weighted by atomic mass is 10.1. The molecule has 0 aliphatic rings. The number of anilines is 2. The van der Waals surface area contributed by atoms with Crippen molar-refractivity contribution in [3.05, 3.63) is 89.2 Å². The second kappa shape index (κ2) is 9.83. The van der Waals surface area contributed by atoms with Crippen LogP contribution in [0.3, 0.4) is 0 Å². The topological polar surface area (TPSA) is 95.6 Å². The van der Waals surface area contributed by atoms with E-state index < -0.39 is 21.7 Å². The zero-order chi connectivity index (χ0) is 24.2. The Bertz CT molecular complexity index is 1290. The van der Waals surface area contributed by atoms with Crippen LogP contribution < -0.4 is 10.0 Å². The minimum Gasteiger partial charge on any atom is -0.332 e. The van der Waals surface area contributed by atoms with Crippen LogP contribution in [0.5, 0.6) is 0 Å². The molecule has 0 unspecified atom stereocenters. The van der Waals surface area contributed by atoms with Gasteiger partial charge in [-0.3, -0.25) is 14.3 Å². The maximum atomic E-state index is 13.9. The van der Waals surface area contributed by atoms with E-state index in [0.717, 1.165) is 17.2 Å². The second-order valence-corrected chi connectivity index (χ2v) is 9.27. The number of hydrogen-bond donors (Lipinski definition) is 2. The first kappa shape index (κ1) is 23.9. The number of benzene rings is 3. The van der Waals surface area contributed by atoms with Crippen LogP contribution >= 0.6 is 0 Å². The number of nitrogens with zero attached hydrogens (tertiary/aromatic N) is 1. The fraction of sp³-hybridized carbons (Fsp3) is 0.167. The molecule has 172 valence electrons. The van der Waals surface area contributed by atoms with Crippen molar-refractivity contribution in [2.24, 2.45) is 0 Å². The number of sulfonamides is 1. The minimum atomic E-state index is -4.13. The molecular formula is C24H24FN3O4S. The van der Waals surface area contributed by atoms with Gasteiger partial charge < -0.3 is 10.2 Å². The number of halogens is 1. The highest BCUT2D eigenvalue weighted by Gasteiger charge is 2.20. The summed E-state index contributed by atoms with van der Waals surface area (Å²) in [5.41, 5.74) is 2.37. The lowest BCUT2D eigenvalue weighted by molar-refractivity contribution is -0.116. The summed E-state index contributed by atoms with van der Waals surface area (Å²) in [6.07, 6.45) is 0. The largest absolute Gasteiger partial charge is 0.332 e. The fourth-order valence-electron chi connectivity index (χ4n) is 3.24. The normalized spacial score (nSPS) is 11.0. The molecule has 3 aromatic rings. The molecular weight excluding hydrogens is 445 g/mol. The van der Waals surface area contributed by atoms with E-state index in [0.29, 0.717) is 5.69 Å². The van der Waals surface area contributed by atoms with Gasteiger partial charge >= 0.3 is 0 Å². The predicted molar refractivity (Wildman–Crippen MR) is 125 cm³/mol. The second-order valence-electron chi connectivity index (χ2n) is 7.59. The van der Waals surface area contributed by atoms with Crippen LogP contribution in [0, 0.1) is 19.7 Å². The van der Waals surface area contributed by atoms with Crippen molar-refractivity contribution in [3.8, 4) is 0 Å². The van der Waals surface area contributed by atoms with E-state index in [-0.39, 0.29) is 28.6 Å². The van der Waals surface area contributed by atoms with Gasteiger partial charge in [0, 0.05) is 18.3 Å². The molecule has 3 rings (SSSR count). The molecule has 0 spiro atoms. The van der Waals surface area contributed by atoms with Gasteiger partial charge in [0.25, 0.3) is 15.9 Å². The molecule has 2 amide bonds. The molecule has 0 atom stereocenters. The van der Waals surface area contributed by atoms with Gasteiger partial charge in [-0.15, -0.1) is 0 Å². The molecule has 0 saturated carbocycles. The molecule has 0 heterocycles. The van der Waals surface area contributed by atoms with E-state index in [4.69, 9.17) is 0 Å². The smallest absolute Gasteiger partial charge is 0.262 e. The highest BCUT2D eigenvalue weighted by atomic mass is 32.2.